The van der Waals surface area contributed by atoms with Gasteiger partial charge in [-0.3, -0.25) is 4.79 Å². The summed E-state index contributed by atoms with van der Waals surface area (Å²) in [5.41, 5.74) is 0.348. The van der Waals surface area contributed by atoms with Crippen LogP contribution >= 0.6 is 15.9 Å². The highest BCUT2D eigenvalue weighted by Crippen LogP contribution is 2.09. The van der Waals surface area contributed by atoms with Gasteiger partial charge in [0.05, 0.1) is 12.5 Å². The average molecular weight is 372 g/mol. The minimum absolute atomic E-state index is 0.0807. The molecule has 6 heteroatoms. The molecule has 0 spiro atoms. The van der Waals surface area contributed by atoms with Gasteiger partial charge in [-0.2, -0.15) is 0 Å². The Morgan fingerprint density at radius 3 is 2.41 bits per heavy atom. The Morgan fingerprint density at radius 2 is 1.86 bits per heavy atom. The first kappa shape index (κ1) is 18.5. The number of esters is 1. The molecule has 5 nitrogen and oxygen atoms in total. The standard InChI is InChI=1S/C16H22BrNO4/c1-16(2,3)22-15(20)18-13(10-17)9-14(19)21-11-12-7-5-4-6-8-12/h4-8,13H,9-11H2,1-3H3,(H,18,20)/t13-/m1/s1. The number of amides is 1. The summed E-state index contributed by atoms with van der Waals surface area (Å²) >= 11 is 3.27. The smallest absolute Gasteiger partial charge is 0.407 e. The Kier molecular flexibility index (Phi) is 7.38. The van der Waals surface area contributed by atoms with Crippen LogP contribution in [0.15, 0.2) is 30.3 Å². The van der Waals surface area contributed by atoms with Gasteiger partial charge in [0.25, 0.3) is 0 Å². The molecule has 0 saturated carbocycles. The van der Waals surface area contributed by atoms with Crippen LogP contribution in [-0.4, -0.2) is 29.0 Å². The van der Waals surface area contributed by atoms with Crippen molar-refractivity contribution in [3.8, 4) is 0 Å². The van der Waals surface area contributed by atoms with Crippen LogP contribution in [0.2, 0.25) is 0 Å². The van der Waals surface area contributed by atoms with Gasteiger partial charge in [-0.25, -0.2) is 4.79 Å². The monoisotopic (exact) mass is 371 g/mol. The van der Waals surface area contributed by atoms with Gasteiger partial charge in [-0.15, -0.1) is 0 Å². The van der Waals surface area contributed by atoms with E-state index < -0.39 is 11.7 Å². The minimum atomic E-state index is -0.575. The number of alkyl carbamates (subject to hydrolysis) is 1. The van der Waals surface area contributed by atoms with E-state index in [0.717, 1.165) is 5.56 Å². The lowest BCUT2D eigenvalue weighted by molar-refractivity contribution is -0.145. The summed E-state index contributed by atoms with van der Waals surface area (Å²) < 4.78 is 10.3. The zero-order valence-corrected chi connectivity index (χ0v) is 14.7. The van der Waals surface area contributed by atoms with Crippen molar-refractivity contribution in [2.75, 3.05) is 5.33 Å². The quantitative estimate of drug-likeness (QED) is 0.614. The number of benzene rings is 1. The Morgan fingerprint density at radius 1 is 1.23 bits per heavy atom. The average Bonchev–Trinajstić information content (AvgIpc) is 2.43. The largest absolute Gasteiger partial charge is 0.461 e. The Hall–Kier alpha value is -1.56. The van der Waals surface area contributed by atoms with E-state index in [1.165, 1.54) is 0 Å². The van der Waals surface area contributed by atoms with Crippen LogP contribution in [-0.2, 0) is 20.9 Å². The van der Waals surface area contributed by atoms with E-state index in [9.17, 15) is 9.59 Å². The number of hydrogen-bond donors (Lipinski definition) is 1. The van der Waals surface area contributed by atoms with E-state index in [1.54, 1.807) is 20.8 Å². The molecule has 1 amide bonds. The molecular formula is C16H22BrNO4. The van der Waals surface area contributed by atoms with Gasteiger partial charge in [-0.05, 0) is 26.3 Å². The van der Waals surface area contributed by atoms with Gasteiger partial charge >= 0.3 is 12.1 Å². The molecular weight excluding hydrogens is 350 g/mol. The third-order valence-electron chi connectivity index (χ3n) is 2.56. The second kappa shape index (κ2) is 8.78. The van der Waals surface area contributed by atoms with Crippen molar-refractivity contribution in [2.45, 2.75) is 45.4 Å². The number of alkyl halides is 1. The third kappa shape index (κ3) is 8.02. The predicted octanol–water partition coefficient (Wildman–Crippen LogP) is 3.41. The number of carbonyl (C=O) groups excluding carboxylic acids is 2. The molecule has 22 heavy (non-hydrogen) atoms. The molecule has 1 aromatic carbocycles. The van der Waals surface area contributed by atoms with E-state index >= 15 is 0 Å². The molecule has 122 valence electrons. The molecule has 0 aliphatic rings. The highest BCUT2D eigenvalue weighted by Gasteiger charge is 2.21. The van der Waals surface area contributed by atoms with Crippen LogP contribution in [0.3, 0.4) is 0 Å². The van der Waals surface area contributed by atoms with Crippen molar-refractivity contribution in [1.29, 1.82) is 0 Å². The lowest BCUT2D eigenvalue weighted by Gasteiger charge is -2.22. The van der Waals surface area contributed by atoms with E-state index in [0.29, 0.717) is 5.33 Å². The molecule has 0 fully saturated rings. The normalized spacial score (nSPS) is 12.4. The maximum atomic E-state index is 11.8. The molecule has 1 atom stereocenters. The molecule has 1 N–H and O–H groups in total. The SMILES string of the molecule is CC(C)(C)OC(=O)N[C@@H](CBr)CC(=O)OCc1ccccc1. The number of halogens is 1. The lowest BCUT2D eigenvalue weighted by atomic mass is 10.2. The summed E-state index contributed by atoms with van der Waals surface area (Å²) in [6.45, 7) is 5.57. The number of rotatable bonds is 6. The number of ether oxygens (including phenoxy) is 2. The molecule has 0 aliphatic carbocycles. The number of hydrogen-bond acceptors (Lipinski definition) is 4. The van der Waals surface area contributed by atoms with Crippen molar-refractivity contribution in [1.82, 2.24) is 5.32 Å². The Balaban J connectivity index is 2.38. The lowest BCUT2D eigenvalue weighted by Crippen LogP contribution is -2.41. The fourth-order valence-electron chi connectivity index (χ4n) is 1.62. The van der Waals surface area contributed by atoms with E-state index in [4.69, 9.17) is 9.47 Å². The highest BCUT2D eigenvalue weighted by atomic mass is 79.9. The first-order valence-corrected chi connectivity index (χ1v) is 8.17. The van der Waals surface area contributed by atoms with Gasteiger partial charge in [-0.1, -0.05) is 46.3 Å². The first-order chi connectivity index (χ1) is 10.3. The zero-order chi connectivity index (χ0) is 16.6. The molecule has 0 bridgehead atoms. The van der Waals surface area contributed by atoms with Gasteiger partial charge in [0, 0.05) is 5.33 Å². The fraction of sp³-hybridized carbons (Fsp3) is 0.500. The summed E-state index contributed by atoms with van der Waals surface area (Å²) in [7, 11) is 0. The van der Waals surface area contributed by atoms with Crippen molar-refractivity contribution in [3.63, 3.8) is 0 Å². The van der Waals surface area contributed by atoms with Gasteiger partial charge < -0.3 is 14.8 Å². The Labute approximate surface area is 139 Å². The number of carbonyl (C=O) groups is 2. The fourth-order valence-corrected chi connectivity index (χ4v) is 2.01. The van der Waals surface area contributed by atoms with Crippen LogP contribution in [0.1, 0.15) is 32.8 Å². The van der Waals surface area contributed by atoms with E-state index in [1.807, 2.05) is 30.3 Å². The Bertz CT molecular complexity index is 485. The highest BCUT2D eigenvalue weighted by molar-refractivity contribution is 9.09. The summed E-state index contributed by atoms with van der Waals surface area (Å²) in [6.07, 6.45) is -0.468. The van der Waals surface area contributed by atoms with Gasteiger partial charge in [0.15, 0.2) is 0 Å². The van der Waals surface area contributed by atoms with Crippen LogP contribution in [0.5, 0.6) is 0 Å². The third-order valence-corrected chi connectivity index (χ3v) is 3.34. The van der Waals surface area contributed by atoms with Crippen molar-refractivity contribution in [3.05, 3.63) is 35.9 Å². The zero-order valence-electron chi connectivity index (χ0n) is 13.1. The maximum Gasteiger partial charge on any atom is 0.407 e. The van der Waals surface area contributed by atoms with Crippen molar-refractivity contribution < 1.29 is 19.1 Å². The van der Waals surface area contributed by atoms with Gasteiger partial charge in [0.1, 0.15) is 12.2 Å². The van der Waals surface area contributed by atoms with Crippen LogP contribution in [0.25, 0.3) is 0 Å². The van der Waals surface area contributed by atoms with Crippen LogP contribution in [0, 0.1) is 0 Å². The molecule has 1 aromatic rings. The molecule has 0 radical (unpaired) electrons. The second-order valence-electron chi connectivity index (χ2n) is 5.85. The van der Waals surface area contributed by atoms with Crippen LogP contribution < -0.4 is 5.32 Å². The predicted molar refractivity (Wildman–Crippen MR) is 87.8 cm³/mol. The molecule has 0 unspecified atom stereocenters. The van der Waals surface area contributed by atoms with Crippen molar-refractivity contribution >= 4 is 28.0 Å². The van der Waals surface area contributed by atoms with E-state index in [-0.39, 0.29) is 25.0 Å². The molecule has 0 aromatic heterocycles. The number of nitrogens with one attached hydrogen (secondary N) is 1. The molecule has 0 heterocycles. The van der Waals surface area contributed by atoms with Crippen LogP contribution in [0.4, 0.5) is 4.79 Å². The van der Waals surface area contributed by atoms with E-state index in [2.05, 4.69) is 21.2 Å². The maximum absolute atomic E-state index is 11.8. The minimum Gasteiger partial charge on any atom is -0.461 e. The summed E-state index contributed by atoms with van der Waals surface area (Å²) in [5, 5.41) is 3.08. The summed E-state index contributed by atoms with van der Waals surface area (Å²) in [6, 6.07) is 9.06. The second-order valence-corrected chi connectivity index (χ2v) is 6.50. The van der Waals surface area contributed by atoms with Gasteiger partial charge in [0.2, 0.25) is 0 Å². The molecule has 0 aliphatic heterocycles. The summed E-state index contributed by atoms with van der Waals surface area (Å²) in [5.74, 6) is -0.371. The topological polar surface area (TPSA) is 64.6 Å². The van der Waals surface area contributed by atoms with Crippen molar-refractivity contribution in [2.24, 2.45) is 0 Å². The molecule has 0 saturated heterocycles. The summed E-state index contributed by atoms with van der Waals surface area (Å²) in [4.78, 5) is 23.5. The first-order valence-electron chi connectivity index (χ1n) is 7.05. The molecule has 1 rings (SSSR count).